The average molecular weight is 314 g/mol. The second kappa shape index (κ2) is 5.60. The third-order valence-electron chi connectivity index (χ3n) is 2.43. The van der Waals surface area contributed by atoms with Crippen LogP contribution in [-0.2, 0) is 11.2 Å². The van der Waals surface area contributed by atoms with Gasteiger partial charge in [0.05, 0.1) is 15.2 Å². The number of hydrogen-bond donors (Lipinski definition) is 1. The van der Waals surface area contributed by atoms with Crippen molar-refractivity contribution in [3.8, 4) is 0 Å². The lowest BCUT2D eigenvalue weighted by Crippen LogP contribution is -1.94. The van der Waals surface area contributed by atoms with E-state index < -0.39 is 5.97 Å². The molecule has 1 aromatic carbocycles. The van der Waals surface area contributed by atoms with E-state index in [-0.39, 0.29) is 6.42 Å². The number of unbranched alkanes of at least 4 members (excludes halogenated alkanes) is 1. The van der Waals surface area contributed by atoms with Crippen molar-refractivity contribution >= 4 is 43.5 Å². The number of fused-ring (bicyclic) bond motifs is 1. The molecule has 0 aliphatic carbocycles. The van der Waals surface area contributed by atoms with Crippen LogP contribution in [0, 0.1) is 0 Å². The molecule has 0 radical (unpaired) electrons. The number of aliphatic carboxylic acids is 1. The molecule has 0 bridgehead atoms. The number of thiazole rings is 1. The normalized spacial score (nSPS) is 10.9. The second-order valence-electron chi connectivity index (χ2n) is 3.82. The van der Waals surface area contributed by atoms with E-state index in [1.54, 1.807) is 11.3 Å². The number of aromatic nitrogens is 1. The molecule has 2 aromatic rings. The quantitative estimate of drug-likeness (QED) is 0.853. The summed E-state index contributed by atoms with van der Waals surface area (Å²) in [5, 5.41) is 9.62. The molecule has 0 aliphatic heterocycles. The molecule has 0 saturated heterocycles. The van der Waals surface area contributed by atoms with Gasteiger partial charge in [0, 0.05) is 10.9 Å². The summed E-state index contributed by atoms with van der Waals surface area (Å²) in [6, 6.07) is 6.07. The predicted molar refractivity (Wildman–Crippen MR) is 72.5 cm³/mol. The van der Waals surface area contributed by atoms with Crippen LogP contribution < -0.4 is 0 Å². The van der Waals surface area contributed by atoms with Crippen LogP contribution in [0.1, 0.15) is 24.3 Å². The van der Waals surface area contributed by atoms with E-state index in [1.165, 1.54) is 4.70 Å². The van der Waals surface area contributed by atoms with Gasteiger partial charge >= 0.3 is 5.97 Å². The molecule has 90 valence electrons. The minimum Gasteiger partial charge on any atom is -0.481 e. The minimum absolute atomic E-state index is 0.246. The monoisotopic (exact) mass is 313 g/mol. The summed E-state index contributed by atoms with van der Waals surface area (Å²) in [6.07, 6.45) is 2.71. The Labute approximate surface area is 112 Å². The van der Waals surface area contributed by atoms with E-state index >= 15 is 0 Å². The molecule has 17 heavy (non-hydrogen) atoms. The van der Waals surface area contributed by atoms with Gasteiger partial charge in [-0.15, -0.1) is 11.3 Å². The van der Waals surface area contributed by atoms with Crippen molar-refractivity contribution in [3.63, 3.8) is 0 Å². The molecule has 1 N–H and O–H groups in total. The molecule has 0 atom stereocenters. The van der Waals surface area contributed by atoms with E-state index in [9.17, 15) is 4.79 Å². The highest BCUT2D eigenvalue weighted by molar-refractivity contribution is 9.10. The predicted octanol–water partition coefficient (Wildman–Crippen LogP) is 3.86. The van der Waals surface area contributed by atoms with Gasteiger partial charge in [0.1, 0.15) is 0 Å². The molecule has 1 heterocycles. The highest BCUT2D eigenvalue weighted by Crippen LogP contribution is 2.26. The minimum atomic E-state index is -0.724. The van der Waals surface area contributed by atoms with Crippen LogP contribution in [0.4, 0.5) is 0 Å². The number of nitrogens with zero attached hydrogens (tertiary/aromatic N) is 1. The van der Waals surface area contributed by atoms with Crippen LogP contribution in [0.3, 0.4) is 0 Å². The van der Waals surface area contributed by atoms with Gasteiger partial charge in [-0.05, 0) is 37.5 Å². The van der Waals surface area contributed by atoms with Crippen LogP contribution in [0.5, 0.6) is 0 Å². The lowest BCUT2D eigenvalue weighted by molar-refractivity contribution is -0.137. The Bertz CT molecular complexity index is 538. The van der Waals surface area contributed by atoms with Gasteiger partial charge in [-0.2, -0.15) is 0 Å². The molecule has 3 nitrogen and oxygen atoms in total. The highest BCUT2D eigenvalue weighted by atomic mass is 79.9. The zero-order valence-electron chi connectivity index (χ0n) is 9.15. The molecular weight excluding hydrogens is 302 g/mol. The van der Waals surface area contributed by atoms with Crippen molar-refractivity contribution in [1.82, 2.24) is 4.98 Å². The molecule has 0 spiro atoms. The lowest BCUT2D eigenvalue weighted by Gasteiger charge is -1.94. The standard InChI is InChI=1S/C12H12BrNO2S/c13-8-5-6-10-9(7-8)14-11(17-10)3-1-2-4-12(15)16/h5-7H,1-4H2,(H,15,16). The largest absolute Gasteiger partial charge is 0.481 e. The molecule has 0 aliphatic rings. The number of rotatable bonds is 5. The third-order valence-corrected chi connectivity index (χ3v) is 4.01. The average Bonchev–Trinajstić information content (AvgIpc) is 2.66. The number of carbonyl (C=O) groups is 1. The first-order chi connectivity index (χ1) is 8.15. The van der Waals surface area contributed by atoms with Gasteiger partial charge in [0.25, 0.3) is 0 Å². The second-order valence-corrected chi connectivity index (χ2v) is 5.85. The van der Waals surface area contributed by atoms with Crippen molar-refractivity contribution in [2.45, 2.75) is 25.7 Å². The number of benzene rings is 1. The zero-order chi connectivity index (χ0) is 12.3. The molecule has 1 aromatic heterocycles. The van der Waals surface area contributed by atoms with Gasteiger partial charge in [-0.1, -0.05) is 15.9 Å². The third kappa shape index (κ3) is 3.51. The molecule has 0 unspecified atom stereocenters. The van der Waals surface area contributed by atoms with Gasteiger partial charge < -0.3 is 5.11 Å². The van der Waals surface area contributed by atoms with Crippen LogP contribution in [0.15, 0.2) is 22.7 Å². The van der Waals surface area contributed by atoms with E-state index in [0.29, 0.717) is 0 Å². The maximum atomic E-state index is 10.4. The van der Waals surface area contributed by atoms with E-state index in [1.807, 2.05) is 12.1 Å². The van der Waals surface area contributed by atoms with Gasteiger partial charge in [-0.25, -0.2) is 4.98 Å². The maximum Gasteiger partial charge on any atom is 0.303 e. The van der Waals surface area contributed by atoms with Gasteiger partial charge in [-0.3, -0.25) is 4.79 Å². The van der Waals surface area contributed by atoms with Crippen molar-refractivity contribution in [3.05, 3.63) is 27.7 Å². The summed E-state index contributed by atoms with van der Waals surface area (Å²) in [5.41, 5.74) is 1.01. The first-order valence-corrected chi connectivity index (χ1v) is 7.03. The summed E-state index contributed by atoms with van der Waals surface area (Å²) in [5.74, 6) is -0.724. The fourth-order valence-corrected chi connectivity index (χ4v) is 2.95. The Hall–Kier alpha value is -0.940. The molecule has 0 fully saturated rings. The number of aryl methyl sites for hydroxylation is 1. The van der Waals surface area contributed by atoms with Crippen molar-refractivity contribution in [1.29, 1.82) is 0 Å². The fourth-order valence-electron chi connectivity index (χ4n) is 1.61. The Kier molecular flexibility index (Phi) is 4.12. The van der Waals surface area contributed by atoms with Crippen molar-refractivity contribution in [2.75, 3.05) is 0 Å². The van der Waals surface area contributed by atoms with E-state index in [0.717, 1.165) is 34.3 Å². The molecular formula is C12H12BrNO2S. The SMILES string of the molecule is O=C(O)CCCCc1nc2cc(Br)ccc2s1. The summed E-state index contributed by atoms with van der Waals surface area (Å²) < 4.78 is 2.22. The maximum absolute atomic E-state index is 10.4. The Morgan fingerprint density at radius 3 is 3.00 bits per heavy atom. The summed E-state index contributed by atoms with van der Waals surface area (Å²) in [6.45, 7) is 0. The molecule has 2 rings (SSSR count). The number of halogens is 1. The van der Waals surface area contributed by atoms with Crippen molar-refractivity contribution < 1.29 is 9.90 Å². The Balaban J connectivity index is 1.97. The summed E-state index contributed by atoms with van der Waals surface area (Å²) in [7, 11) is 0. The van der Waals surface area contributed by atoms with Crippen LogP contribution >= 0.6 is 27.3 Å². The van der Waals surface area contributed by atoms with E-state index in [4.69, 9.17) is 5.11 Å². The van der Waals surface area contributed by atoms with Crippen molar-refractivity contribution in [2.24, 2.45) is 0 Å². The van der Waals surface area contributed by atoms with Crippen LogP contribution in [0.25, 0.3) is 10.2 Å². The number of carboxylic acids is 1. The Morgan fingerprint density at radius 2 is 2.24 bits per heavy atom. The van der Waals surface area contributed by atoms with E-state index in [2.05, 4.69) is 27.0 Å². The van der Waals surface area contributed by atoms with Gasteiger partial charge in [0.2, 0.25) is 0 Å². The van der Waals surface area contributed by atoms with Crippen LogP contribution in [0.2, 0.25) is 0 Å². The number of hydrogen-bond acceptors (Lipinski definition) is 3. The Morgan fingerprint density at radius 1 is 1.41 bits per heavy atom. The fraction of sp³-hybridized carbons (Fsp3) is 0.333. The molecule has 5 heteroatoms. The highest BCUT2D eigenvalue weighted by Gasteiger charge is 2.04. The molecule has 0 saturated carbocycles. The molecule has 0 amide bonds. The first-order valence-electron chi connectivity index (χ1n) is 5.42. The first kappa shape index (κ1) is 12.5. The summed E-state index contributed by atoms with van der Waals surface area (Å²) in [4.78, 5) is 14.9. The number of carboxylic acid groups (broad SMARTS) is 1. The topological polar surface area (TPSA) is 50.2 Å². The van der Waals surface area contributed by atoms with Gasteiger partial charge in [0.15, 0.2) is 0 Å². The van der Waals surface area contributed by atoms with Crippen LogP contribution in [-0.4, -0.2) is 16.1 Å². The summed E-state index contributed by atoms with van der Waals surface area (Å²) >= 11 is 5.11. The smallest absolute Gasteiger partial charge is 0.303 e. The zero-order valence-corrected chi connectivity index (χ0v) is 11.6. The lowest BCUT2D eigenvalue weighted by atomic mass is 10.2.